The second-order valence-electron chi connectivity index (χ2n) is 5.05. The largest absolute Gasteiger partial charge is 0.619 e. The Bertz CT molecular complexity index is 775. The summed E-state index contributed by atoms with van der Waals surface area (Å²) in [5.41, 5.74) is 0.684. The molecule has 8 heteroatoms. The highest BCUT2D eigenvalue weighted by Crippen LogP contribution is 2.34. The number of anilines is 1. The highest BCUT2D eigenvalue weighted by atomic mass is 16.7. The van der Waals surface area contributed by atoms with Gasteiger partial charge in [0.1, 0.15) is 0 Å². The molecule has 0 saturated carbocycles. The van der Waals surface area contributed by atoms with Crippen molar-refractivity contribution in [2.75, 3.05) is 12.1 Å². The lowest BCUT2D eigenvalue weighted by Gasteiger charge is -2.13. The van der Waals surface area contributed by atoms with Crippen molar-refractivity contribution in [3.8, 4) is 11.5 Å². The van der Waals surface area contributed by atoms with Crippen molar-refractivity contribution in [3.05, 3.63) is 53.5 Å². The normalized spacial score (nSPS) is 13.2. The second kappa shape index (κ2) is 6.45. The number of rotatable bonds is 4. The summed E-state index contributed by atoms with van der Waals surface area (Å²) in [7, 11) is 0. The molecule has 1 aliphatic heterocycles. The molecule has 0 radical (unpaired) electrons. The van der Waals surface area contributed by atoms with Gasteiger partial charge in [-0.2, -0.15) is 4.73 Å². The van der Waals surface area contributed by atoms with E-state index >= 15 is 0 Å². The molecule has 8 nitrogen and oxygen atoms in total. The lowest BCUT2D eigenvalue weighted by Crippen LogP contribution is -2.30. The highest BCUT2D eigenvalue weighted by Gasteiger charge is 2.21. The number of amides is 1. The molecule has 0 bridgehead atoms. The number of carbonyl (C=O) groups excluding carboxylic acids is 2. The maximum atomic E-state index is 12.1. The van der Waals surface area contributed by atoms with Gasteiger partial charge in [0.15, 0.2) is 30.0 Å². The predicted octanol–water partition coefficient (Wildman–Crippen LogP) is 1.23. The van der Waals surface area contributed by atoms with Crippen LogP contribution in [0.5, 0.6) is 11.5 Å². The number of aromatic nitrogens is 1. The number of hydrogen-bond acceptors (Lipinski definition) is 6. The molecule has 1 aliphatic rings. The summed E-state index contributed by atoms with van der Waals surface area (Å²) < 4.78 is 16.0. The molecule has 1 aromatic carbocycles. The molecule has 1 atom stereocenters. The van der Waals surface area contributed by atoms with E-state index in [0.717, 1.165) is 0 Å². The van der Waals surface area contributed by atoms with E-state index in [1.54, 1.807) is 18.2 Å². The van der Waals surface area contributed by atoms with Crippen molar-refractivity contribution < 1.29 is 28.5 Å². The molecule has 0 aliphatic carbocycles. The van der Waals surface area contributed by atoms with Crippen molar-refractivity contribution >= 4 is 17.6 Å². The standard InChI is InChI=1S/C16H14N2O6/c1-10(24-16(20)11-4-6-18(21)7-5-11)15(19)17-12-2-3-13-14(8-12)23-9-22-13/h2-8,10H,9H2,1H3,(H,17,19). The van der Waals surface area contributed by atoms with Crippen LogP contribution in [0.25, 0.3) is 0 Å². The first-order valence-electron chi connectivity index (χ1n) is 7.13. The molecule has 3 rings (SSSR count). The third-order valence-corrected chi connectivity index (χ3v) is 3.33. The Labute approximate surface area is 137 Å². The smallest absolute Gasteiger partial charge is 0.339 e. The number of benzene rings is 1. The Morgan fingerprint density at radius 1 is 1.21 bits per heavy atom. The average molecular weight is 330 g/mol. The fraction of sp³-hybridized carbons (Fsp3) is 0.188. The Morgan fingerprint density at radius 2 is 1.92 bits per heavy atom. The van der Waals surface area contributed by atoms with Crippen molar-refractivity contribution in [3.63, 3.8) is 0 Å². The first-order valence-corrected chi connectivity index (χ1v) is 7.13. The van der Waals surface area contributed by atoms with Crippen molar-refractivity contribution in [2.45, 2.75) is 13.0 Å². The quantitative estimate of drug-likeness (QED) is 0.514. The van der Waals surface area contributed by atoms with E-state index < -0.39 is 18.0 Å². The molecule has 24 heavy (non-hydrogen) atoms. The zero-order valence-corrected chi connectivity index (χ0v) is 12.7. The van der Waals surface area contributed by atoms with Crippen LogP contribution in [0.3, 0.4) is 0 Å². The Balaban J connectivity index is 1.60. The van der Waals surface area contributed by atoms with Crippen molar-refractivity contribution in [2.24, 2.45) is 0 Å². The van der Waals surface area contributed by atoms with Crippen LogP contribution in [0.2, 0.25) is 0 Å². The predicted molar refractivity (Wildman–Crippen MR) is 81.5 cm³/mol. The maximum absolute atomic E-state index is 12.1. The molecule has 1 amide bonds. The fourth-order valence-corrected chi connectivity index (χ4v) is 2.05. The van der Waals surface area contributed by atoms with Crippen molar-refractivity contribution in [1.29, 1.82) is 0 Å². The zero-order chi connectivity index (χ0) is 17.1. The number of nitrogens with zero attached hydrogens (tertiary/aromatic N) is 1. The lowest BCUT2D eigenvalue weighted by atomic mass is 10.2. The lowest BCUT2D eigenvalue weighted by molar-refractivity contribution is -0.605. The topological polar surface area (TPSA) is 101 Å². The minimum Gasteiger partial charge on any atom is -0.619 e. The van der Waals surface area contributed by atoms with E-state index in [1.807, 2.05) is 0 Å². The van der Waals surface area contributed by atoms with Crippen LogP contribution >= 0.6 is 0 Å². The van der Waals surface area contributed by atoms with Crippen LogP contribution in [0.1, 0.15) is 17.3 Å². The third kappa shape index (κ3) is 3.37. The molecule has 0 spiro atoms. The Hall–Kier alpha value is -3.29. The number of fused-ring (bicyclic) bond motifs is 1. The van der Waals surface area contributed by atoms with E-state index in [2.05, 4.69) is 5.32 Å². The van der Waals surface area contributed by atoms with Gasteiger partial charge in [0.2, 0.25) is 6.79 Å². The summed E-state index contributed by atoms with van der Waals surface area (Å²) in [5.74, 6) is -0.0409. The number of ether oxygens (including phenoxy) is 3. The SMILES string of the molecule is CC(OC(=O)c1cc[n+]([O-])cc1)C(=O)Nc1ccc2c(c1)OCO2. The minimum absolute atomic E-state index is 0.140. The van der Waals surface area contributed by atoms with E-state index in [0.29, 0.717) is 21.9 Å². The maximum Gasteiger partial charge on any atom is 0.339 e. The van der Waals surface area contributed by atoms with Gasteiger partial charge in [-0.1, -0.05) is 0 Å². The molecule has 1 unspecified atom stereocenters. The molecule has 2 aromatic rings. The van der Waals surface area contributed by atoms with E-state index in [-0.39, 0.29) is 12.4 Å². The van der Waals surface area contributed by atoms with Gasteiger partial charge in [0.05, 0.1) is 5.56 Å². The average Bonchev–Trinajstić information content (AvgIpc) is 3.03. The van der Waals surface area contributed by atoms with Crippen LogP contribution in [0, 0.1) is 5.21 Å². The highest BCUT2D eigenvalue weighted by molar-refractivity contribution is 5.97. The van der Waals surface area contributed by atoms with Crippen LogP contribution < -0.4 is 19.5 Å². The molecule has 1 aromatic heterocycles. The van der Waals surface area contributed by atoms with Crippen LogP contribution in [0.15, 0.2) is 42.7 Å². The number of hydrogen-bond donors (Lipinski definition) is 1. The van der Waals surface area contributed by atoms with Gasteiger partial charge >= 0.3 is 5.97 Å². The monoisotopic (exact) mass is 330 g/mol. The minimum atomic E-state index is -1.01. The summed E-state index contributed by atoms with van der Waals surface area (Å²) >= 11 is 0. The summed E-state index contributed by atoms with van der Waals surface area (Å²) in [6, 6.07) is 7.59. The number of pyridine rings is 1. The Kier molecular flexibility index (Phi) is 4.19. The zero-order valence-electron chi connectivity index (χ0n) is 12.7. The van der Waals surface area contributed by atoms with Gasteiger partial charge in [-0.3, -0.25) is 4.79 Å². The molecule has 0 fully saturated rings. The van der Waals surface area contributed by atoms with Gasteiger partial charge in [0.25, 0.3) is 5.91 Å². The van der Waals surface area contributed by atoms with Gasteiger partial charge in [-0.15, -0.1) is 0 Å². The second-order valence-corrected chi connectivity index (χ2v) is 5.05. The van der Waals surface area contributed by atoms with E-state index in [9.17, 15) is 14.8 Å². The summed E-state index contributed by atoms with van der Waals surface area (Å²) in [4.78, 5) is 24.0. The third-order valence-electron chi connectivity index (χ3n) is 3.33. The number of esters is 1. The number of carbonyl (C=O) groups is 2. The van der Waals surface area contributed by atoms with Gasteiger partial charge in [-0.05, 0) is 19.1 Å². The summed E-state index contributed by atoms with van der Waals surface area (Å²) in [5, 5.41) is 13.6. The molecular weight excluding hydrogens is 316 g/mol. The van der Waals surface area contributed by atoms with E-state index in [1.165, 1.54) is 31.5 Å². The Morgan fingerprint density at radius 3 is 2.67 bits per heavy atom. The fourth-order valence-electron chi connectivity index (χ4n) is 2.05. The molecule has 124 valence electrons. The van der Waals surface area contributed by atoms with E-state index in [4.69, 9.17) is 14.2 Å². The van der Waals surface area contributed by atoms with Gasteiger partial charge < -0.3 is 24.7 Å². The molecule has 0 saturated heterocycles. The first kappa shape index (κ1) is 15.6. The summed E-state index contributed by atoms with van der Waals surface area (Å²) in [6.07, 6.45) is 1.34. The first-order chi connectivity index (χ1) is 11.5. The molecule has 2 heterocycles. The van der Waals surface area contributed by atoms with Gasteiger partial charge in [0, 0.05) is 23.9 Å². The van der Waals surface area contributed by atoms with Crippen LogP contribution in [-0.2, 0) is 9.53 Å². The van der Waals surface area contributed by atoms with Crippen LogP contribution in [-0.4, -0.2) is 24.8 Å². The molecular formula is C16H14N2O6. The number of nitrogens with one attached hydrogen (secondary N) is 1. The van der Waals surface area contributed by atoms with Gasteiger partial charge in [-0.25, -0.2) is 4.79 Å². The van der Waals surface area contributed by atoms with Crippen LogP contribution in [0.4, 0.5) is 5.69 Å². The van der Waals surface area contributed by atoms with Crippen molar-refractivity contribution in [1.82, 2.24) is 0 Å². The summed E-state index contributed by atoms with van der Waals surface area (Å²) in [6.45, 7) is 1.60. The molecule has 1 N–H and O–H groups in total.